The maximum absolute atomic E-state index is 13.4. The lowest BCUT2D eigenvalue weighted by atomic mass is 9.90. The molecule has 0 saturated heterocycles. The minimum atomic E-state index is -0.446. The molecule has 5 nitrogen and oxygen atoms in total. The summed E-state index contributed by atoms with van der Waals surface area (Å²) in [6.45, 7) is 1.72. The summed E-state index contributed by atoms with van der Waals surface area (Å²) in [5.41, 5.74) is 2.77. The lowest BCUT2D eigenvalue weighted by molar-refractivity contribution is -0.383. The smallest absolute Gasteiger partial charge is 0.289 e. The van der Waals surface area contributed by atoms with E-state index in [4.69, 9.17) is 0 Å². The Bertz CT molecular complexity index is 1220. The summed E-state index contributed by atoms with van der Waals surface area (Å²) in [5.74, 6) is -0.290. The molecular weight excluding hydrogens is 376 g/mol. The van der Waals surface area contributed by atoms with E-state index in [9.17, 15) is 14.9 Å². The van der Waals surface area contributed by atoms with Gasteiger partial charge in [-0.25, -0.2) is 4.98 Å². The van der Waals surface area contributed by atoms with Crippen molar-refractivity contribution in [2.75, 3.05) is 0 Å². The van der Waals surface area contributed by atoms with Gasteiger partial charge in [0.05, 0.1) is 21.7 Å². The molecule has 0 fully saturated rings. The second-order valence-corrected chi connectivity index (χ2v) is 6.83. The highest BCUT2D eigenvalue weighted by molar-refractivity contribution is 6.15. The number of carbonyl (C=O) groups excluding carboxylic acids is 1. The van der Waals surface area contributed by atoms with E-state index in [1.54, 1.807) is 79.7 Å². The predicted octanol–water partition coefficient (Wildman–Crippen LogP) is 5.86. The van der Waals surface area contributed by atoms with Crippen LogP contribution in [-0.2, 0) is 0 Å². The molecule has 0 N–H and O–H groups in total. The number of hydrogen-bond donors (Lipinski definition) is 0. The number of pyridine rings is 1. The van der Waals surface area contributed by atoms with Crippen LogP contribution in [0.3, 0.4) is 0 Å². The van der Waals surface area contributed by atoms with E-state index in [2.05, 4.69) is 4.98 Å². The van der Waals surface area contributed by atoms with Crippen LogP contribution in [0.15, 0.2) is 91.0 Å². The van der Waals surface area contributed by atoms with Crippen molar-refractivity contribution in [3.8, 4) is 22.4 Å². The highest BCUT2D eigenvalue weighted by Gasteiger charge is 2.31. The molecule has 0 atom stereocenters. The van der Waals surface area contributed by atoms with Crippen LogP contribution in [0.1, 0.15) is 21.6 Å². The lowest BCUT2D eigenvalue weighted by Crippen LogP contribution is -2.11. The van der Waals surface area contributed by atoms with Gasteiger partial charge in [-0.1, -0.05) is 91.0 Å². The molecule has 146 valence electrons. The maximum Gasteiger partial charge on any atom is 0.304 e. The van der Waals surface area contributed by atoms with Gasteiger partial charge in [0.2, 0.25) is 0 Å². The van der Waals surface area contributed by atoms with Gasteiger partial charge in [0, 0.05) is 11.1 Å². The van der Waals surface area contributed by atoms with Gasteiger partial charge >= 0.3 is 5.69 Å². The van der Waals surface area contributed by atoms with Gasteiger partial charge in [0.15, 0.2) is 5.78 Å². The van der Waals surface area contributed by atoms with Crippen LogP contribution in [0.5, 0.6) is 0 Å². The third kappa shape index (κ3) is 3.49. The minimum Gasteiger partial charge on any atom is -0.289 e. The first kappa shape index (κ1) is 19.2. The molecule has 3 aromatic carbocycles. The molecular formula is C25H18N2O3. The zero-order chi connectivity index (χ0) is 21.1. The summed E-state index contributed by atoms with van der Waals surface area (Å²) in [6.07, 6.45) is 0. The SMILES string of the molecule is Cc1nc(-c2ccccc2)c([N+](=O)[O-])c(-c2ccccc2)c1C(=O)c1ccccc1. The van der Waals surface area contributed by atoms with E-state index >= 15 is 0 Å². The zero-order valence-electron chi connectivity index (χ0n) is 16.3. The molecule has 0 aliphatic carbocycles. The number of hydrogen-bond acceptors (Lipinski definition) is 4. The van der Waals surface area contributed by atoms with Crippen LogP contribution < -0.4 is 0 Å². The third-order valence-electron chi connectivity index (χ3n) is 4.91. The van der Waals surface area contributed by atoms with Gasteiger partial charge in [0.25, 0.3) is 0 Å². The molecule has 5 heteroatoms. The molecule has 0 spiro atoms. The Morgan fingerprint density at radius 2 is 1.30 bits per heavy atom. The van der Waals surface area contributed by atoms with Crippen molar-refractivity contribution in [2.24, 2.45) is 0 Å². The second kappa shape index (κ2) is 8.09. The summed E-state index contributed by atoms with van der Waals surface area (Å²) in [4.78, 5) is 29.8. The molecule has 0 amide bonds. The third-order valence-corrected chi connectivity index (χ3v) is 4.91. The van der Waals surface area contributed by atoms with E-state index in [1.165, 1.54) is 0 Å². The molecule has 0 saturated carbocycles. The maximum atomic E-state index is 13.4. The Morgan fingerprint density at radius 1 is 0.800 bits per heavy atom. The van der Waals surface area contributed by atoms with Gasteiger partial charge in [-0.3, -0.25) is 14.9 Å². The number of nitro groups is 1. The number of benzene rings is 3. The minimum absolute atomic E-state index is 0.169. The average Bonchev–Trinajstić information content (AvgIpc) is 2.79. The van der Waals surface area contributed by atoms with Crippen LogP contribution in [0.4, 0.5) is 5.69 Å². The van der Waals surface area contributed by atoms with Crippen LogP contribution >= 0.6 is 0 Å². The number of ketones is 1. The fourth-order valence-electron chi connectivity index (χ4n) is 3.57. The predicted molar refractivity (Wildman–Crippen MR) is 116 cm³/mol. The largest absolute Gasteiger partial charge is 0.304 e. The highest BCUT2D eigenvalue weighted by atomic mass is 16.6. The molecule has 0 bridgehead atoms. The number of nitrogens with zero attached hydrogens (tertiary/aromatic N) is 2. The van der Waals surface area contributed by atoms with Crippen molar-refractivity contribution in [3.05, 3.63) is 118 Å². The molecule has 4 aromatic rings. The molecule has 0 aliphatic heterocycles. The zero-order valence-corrected chi connectivity index (χ0v) is 16.3. The van der Waals surface area contributed by atoms with Crippen molar-refractivity contribution in [3.63, 3.8) is 0 Å². The van der Waals surface area contributed by atoms with Crippen LogP contribution in [0.2, 0.25) is 0 Å². The van der Waals surface area contributed by atoms with E-state index in [0.717, 1.165) is 0 Å². The van der Waals surface area contributed by atoms with Crippen LogP contribution in [0.25, 0.3) is 22.4 Å². The van der Waals surface area contributed by atoms with Gasteiger partial charge < -0.3 is 0 Å². The lowest BCUT2D eigenvalue weighted by Gasteiger charge is -2.15. The van der Waals surface area contributed by atoms with Crippen LogP contribution in [-0.4, -0.2) is 15.7 Å². The summed E-state index contributed by atoms with van der Waals surface area (Å²) < 4.78 is 0. The quantitative estimate of drug-likeness (QED) is 0.241. The Hall–Kier alpha value is -4.12. The monoisotopic (exact) mass is 394 g/mol. The van der Waals surface area contributed by atoms with E-state index < -0.39 is 4.92 Å². The van der Waals surface area contributed by atoms with Gasteiger partial charge in [-0.15, -0.1) is 0 Å². The molecule has 0 aliphatic rings. The number of aromatic nitrogens is 1. The summed E-state index contributed by atoms with van der Waals surface area (Å²) in [7, 11) is 0. The Labute approximate surface area is 173 Å². The number of carbonyl (C=O) groups is 1. The molecule has 30 heavy (non-hydrogen) atoms. The number of rotatable bonds is 5. The standard InChI is InChI=1S/C25H18N2O3/c1-17-21(25(28)20-15-9-4-10-16-20)22(18-11-5-2-6-12-18)24(27(29)30)23(26-17)19-13-7-3-8-14-19/h2-16H,1H3. The molecule has 1 heterocycles. The van der Waals surface area contributed by atoms with Crippen molar-refractivity contribution in [1.82, 2.24) is 4.98 Å². The van der Waals surface area contributed by atoms with Crippen LogP contribution in [0, 0.1) is 17.0 Å². The Kier molecular flexibility index (Phi) is 5.18. The Balaban J connectivity index is 2.10. The normalized spacial score (nSPS) is 10.6. The molecule has 4 rings (SSSR count). The topological polar surface area (TPSA) is 73.1 Å². The Morgan fingerprint density at radius 3 is 1.83 bits per heavy atom. The molecule has 1 aromatic heterocycles. The summed E-state index contributed by atoms with van der Waals surface area (Å²) >= 11 is 0. The first-order valence-corrected chi connectivity index (χ1v) is 9.47. The van der Waals surface area contributed by atoms with Gasteiger partial charge in [0.1, 0.15) is 5.69 Å². The van der Waals surface area contributed by atoms with E-state index in [-0.39, 0.29) is 22.7 Å². The van der Waals surface area contributed by atoms with E-state index in [0.29, 0.717) is 27.9 Å². The first-order valence-electron chi connectivity index (χ1n) is 9.47. The fraction of sp³-hybridized carbons (Fsp3) is 0.0400. The molecule has 0 unspecified atom stereocenters. The van der Waals surface area contributed by atoms with E-state index in [1.807, 2.05) is 18.2 Å². The summed E-state index contributed by atoms with van der Waals surface area (Å²) in [5, 5.41) is 12.3. The average molecular weight is 394 g/mol. The number of aryl methyl sites for hydroxylation is 1. The first-order chi connectivity index (χ1) is 14.6. The highest BCUT2D eigenvalue weighted by Crippen LogP contribution is 2.41. The van der Waals surface area contributed by atoms with Gasteiger partial charge in [-0.2, -0.15) is 0 Å². The van der Waals surface area contributed by atoms with Crippen molar-refractivity contribution >= 4 is 11.5 Å². The summed E-state index contributed by atoms with van der Waals surface area (Å²) in [6, 6.07) is 26.8. The molecule has 0 radical (unpaired) electrons. The fourth-order valence-corrected chi connectivity index (χ4v) is 3.57. The van der Waals surface area contributed by atoms with Crippen molar-refractivity contribution in [2.45, 2.75) is 6.92 Å². The van der Waals surface area contributed by atoms with Crippen molar-refractivity contribution < 1.29 is 9.72 Å². The van der Waals surface area contributed by atoms with Crippen molar-refractivity contribution in [1.29, 1.82) is 0 Å². The second-order valence-electron chi connectivity index (χ2n) is 6.83. The van der Waals surface area contributed by atoms with Gasteiger partial charge in [-0.05, 0) is 12.5 Å².